The highest BCUT2D eigenvalue weighted by atomic mass is 19.1. The molecule has 2 heterocycles. The summed E-state index contributed by atoms with van der Waals surface area (Å²) in [4.78, 5) is 6.26. The number of hydrogen-bond acceptors (Lipinski definition) is 6. The fourth-order valence-electron chi connectivity index (χ4n) is 3.00. The first-order chi connectivity index (χ1) is 13.6. The number of halogens is 2. The van der Waals surface area contributed by atoms with E-state index in [1.54, 1.807) is 6.07 Å². The molecular weight excluding hydrogens is 366 g/mol. The lowest BCUT2D eigenvalue weighted by molar-refractivity contribution is 0.122. The van der Waals surface area contributed by atoms with Crippen molar-refractivity contribution < 1.29 is 13.5 Å². The third kappa shape index (κ3) is 3.92. The lowest BCUT2D eigenvalue weighted by Gasteiger charge is -2.29. The second kappa shape index (κ2) is 7.62. The molecule has 0 unspecified atom stereocenters. The molecule has 0 atom stereocenters. The molecule has 28 heavy (non-hydrogen) atoms. The molecule has 0 spiro atoms. The molecule has 7 nitrogen and oxygen atoms in total. The molecule has 142 valence electrons. The Balaban J connectivity index is 1.59. The number of benzene rings is 2. The minimum absolute atomic E-state index is 0.220. The van der Waals surface area contributed by atoms with Crippen molar-refractivity contribution in [1.82, 2.24) is 14.8 Å². The Morgan fingerprint density at radius 2 is 1.75 bits per heavy atom. The minimum Gasteiger partial charge on any atom is -0.378 e. The SMILES string of the molecule is N#Cc1cc(Nc2ncn(-c3cc(F)cc(F)c3)n2)cc(N2CCOCC2)c1. The quantitative estimate of drug-likeness (QED) is 0.747. The minimum atomic E-state index is -0.697. The Morgan fingerprint density at radius 1 is 1.00 bits per heavy atom. The molecule has 4 rings (SSSR count). The molecular formula is C19H16F2N6O. The molecule has 1 N–H and O–H groups in total. The van der Waals surface area contributed by atoms with Gasteiger partial charge in [-0.3, -0.25) is 0 Å². The maximum atomic E-state index is 13.4. The van der Waals surface area contributed by atoms with E-state index in [1.165, 1.54) is 11.0 Å². The summed E-state index contributed by atoms with van der Waals surface area (Å²) in [5.74, 6) is -1.15. The normalized spacial score (nSPS) is 14.0. The van der Waals surface area contributed by atoms with E-state index in [9.17, 15) is 14.0 Å². The zero-order valence-corrected chi connectivity index (χ0v) is 14.8. The maximum Gasteiger partial charge on any atom is 0.246 e. The number of anilines is 3. The largest absolute Gasteiger partial charge is 0.378 e. The van der Waals surface area contributed by atoms with Crippen LogP contribution in [0.4, 0.5) is 26.1 Å². The van der Waals surface area contributed by atoms with Crippen molar-refractivity contribution in [3.05, 3.63) is 59.9 Å². The lowest BCUT2D eigenvalue weighted by Crippen LogP contribution is -2.36. The molecule has 1 aromatic heterocycles. The van der Waals surface area contributed by atoms with E-state index in [2.05, 4.69) is 26.4 Å². The fourth-order valence-corrected chi connectivity index (χ4v) is 3.00. The van der Waals surface area contributed by atoms with Gasteiger partial charge in [0.15, 0.2) is 0 Å². The van der Waals surface area contributed by atoms with Gasteiger partial charge in [-0.15, -0.1) is 5.10 Å². The number of rotatable bonds is 4. The Labute approximate surface area is 159 Å². The lowest BCUT2D eigenvalue weighted by atomic mass is 10.1. The van der Waals surface area contributed by atoms with Gasteiger partial charge in [0, 0.05) is 30.5 Å². The van der Waals surface area contributed by atoms with Gasteiger partial charge in [0.1, 0.15) is 18.0 Å². The first-order valence-electron chi connectivity index (χ1n) is 8.64. The molecule has 2 aromatic carbocycles. The van der Waals surface area contributed by atoms with Crippen molar-refractivity contribution in [3.8, 4) is 11.8 Å². The highest BCUT2D eigenvalue weighted by Gasteiger charge is 2.14. The molecule has 0 aliphatic carbocycles. The van der Waals surface area contributed by atoms with Gasteiger partial charge >= 0.3 is 0 Å². The number of morpholine rings is 1. The number of nitriles is 1. The van der Waals surface area contributed by atoms with E-state index in [0.717, 1.165) is 37.0 Å². The topological polar surface area (TPSA) is 79.0 Å². The van der Waals surface area contributed by atoms with Crippen molar-refractivity contribution in [3.63, 3.8) is 0 Å². The summed E-state index contributed by atoms with van der Waals surface area (Å²) in [6.45, 7) is 2.75. The predicted molar refractivity (Wildman–Crippen MR) is 98.7 cm³/mol. The fraction of sp³-hybridized carbons (Fsp3) is 0.211. The van der Waals surface area contributed by atoms with Crippen molar-refractivity contribution in [2.75, 3.05) is 36.5 Å². The van der Waals surface area contributed by atoms with Gasteiger partial charge in [-0.25, -0.2) is 13.5 Å². The van der Waals surface area contributed by atoms with E-state index in [1.807, 2.05) is 12.1 Å². The van der Waals surface area contributed by atoms with Crippen LogP contribution < -0.4 is 10.2 Å². The van der Waals surface area contributed by atoms with Gasteiger partial charge in [-0.05, 0) is 30.3 Å². The molecule has 0 radical (unpaired) electrons. The summed E-state index contributed by atoms with van der Waals surface area (Å²) in [6, 6.07) is 10.7. The number of hydrogen-bond donors (Lipinski definition) is 1. The number of aromatic nitrogens is 3. The Morgan fingerprint density at radius 3 is 2.46 bits per heavy atom. The molecule has 0 bridgehead atoms. The number of ether oxygens (including phenoxy) is 1. The van der Waals surface area contributed by atoms with Gasteiger partial charge in [-0.2, -0.15) is 10.2 Å². The molecule has 1 aliphatic heterocycles. The van der Waals surface area contributed by atoms with Crippen molar-refractivity contribution in [1.29, 1.82) is 5.26 Å². The molecule has 0 saturated carbocycles. The summed E-state index contributed by atoms with van der Waals surface area (Å²) in [5.41, 5.74) is 2.26. The monoisotopic (exact) mass is 382 g/mol. The maximum absolute atomic E-state index is 13.4. The molecule has 3 aromatic rings. The summed E-state index contributed by atoms with van der Waals surface area (Å²) in [6.07, 6.45) is 1.35. The Bertz CT molecular complexity index is 1020. The third-order valence-electron chi connectivity index (χ3n) is 4.28. The van der Waals surface area contributed by atoms with Crippen LogP contribution in [0.5, 0.6) is 0 Å². The standard InChI is InChI=1S/C19H16F2N6O/c20-14-7-15(21)9-18(8-14)27-12-23-19(25-27)24-16-5-13(11-22)6-17(10-16)26-1-3-28-4-2-26/h5-10,12H,1-4H2,(H,24,25). The van der Waals surface area contributed by atoms with Crippen LogP contribution in [0, 0.1) is 23.0 Å². The first-order valence-corrected chi connectivity index (χ1v) is 8.64. The van der Waals surface area contributed by atoms with Gasteiger partial charge < -0.3 is 15.0 Å². The van der Waals surface area contributed by atoms with Crippen molar-refractivity contribution in [2.45, 2.75) is 0 Å². The molecule has 1 saturated heterocycles. The van der Waals surface area contributed by atoms with E-state index in [4.69, 9.17) is 4.74 Å². The Hall–Kier alpha value is -3.51. The average molecular weight is 382 g/mol. The second-order valence-electron chi connectivity index (χ2n) is 6.25. The van der Waals surface area contributed by atoms with E-state index >= 15 is 0 Å². The highest BCUT2D eigenvalue weighted by Crippen LogP contribution is 2.25. The van der Waals surface area contributed by atoms with Crippen LogP contribution in [0.15, 0.2) is 42.7 Å². The first kappa shape index (κ1) is 17.9. The van der Waals surface area contributed by atoms with Crippen LogP contribution in [0.3, 0.4) is 0 Å². The zero-order chi connectivity index (χ0) is 19.5. The average Bonchev–Trinajstić information content (AvgIpc) is 3.16. The van der Waals surface area contributed by atoms with Crippen LogP contribution in [0.1, 0.15) is 5.56 Å². The van der Waals surface area contributed by atoms with Crippen LogP contribution in [-0.4, -0.2) is 41.1 Å². The number of nitrogens with zero attached hydrogens (tertiary/aromatic N) is 5. The molecule has 9 heteroatoms. The van der Waals surface area contributed by atoms with Gasteiger partial charge in [0.05, 0.1) is 30.5 Å². The zero-order valence-electron chi connectivity index (χ0n) is 14.8. The predicted octanol–water partition coefficient (Wildman–Crippen LogP) is 3.00. The van der Waals surface area contributed by atoms with E-state index in [-0.39, 0.29) is 11.6 Å². The Kier molecular flexibility index (Phi) is 4.87. The second-order valence-corrected chi connectivity index (χ2v) is 6.25. The van der Waals surface area contributed by atoms with Crippen LogP contribution in [0.2, 0.25) is 0 Å². The molecule has 1 fully saturated rings. The summed E-state index contributed by atoms with van der Waals surface area (Å²) >= 11 is 0. The van der Waals surface area contributed by atoms with Crippen LogP contribution >= 0.6 is 0 Å². The third-order valence-corrected chi connectivity index (χ3v) is 4.28. The van der Waals surface area contributed by atoms with Crippen LogP contribution in [-0.2, 0) is 4.74 Å². The highest BCUT2D eigenvalue weighted by molar-refractivity contribution is 5.66. The van der Waals surface area contributed by atoms with Gasteiger partial charge in [0.2, 0.25) is 5.95 Å². The summed E-state index contributed by atoms with van der Waals surface area (Å²) in [7, 11) is 0. The van der Waals surface area contributed by atoms with E-state index in [0.29, 0.717) is 24.5 Å². The molecule has 0 amide bonds. The van der Waals surface area contributed by atoms with Gasteiger partial charge in [0.25, 0.3) is 0 Å². The molecule has 1 aliphatic rings. The summed E-state index contributed by atoms with van der Waals surface area (Å²) in [5, 5.41) is 16.6. The van der Waals surface area contributed by atoms with Crippen LogP contribution in [0.25, 0.3) is 5.69 Å². The number of nitrogens with one attached hydrogen (secondary N) is 1. The van der Waals surface area contributed by atoms with Crippen molar-refractivity contribution in [2.24, 2.45) is 0 Å². The van der Waals surface area contributed by atoms with E-state index < -0.39 is 11.6 Å². The smallest absolute Gasteiger partial charge is 0.246 e. The summed E-state index contributed by atoms with van der Waals surface area (Å²) < 4.78 is 33.5. The van der Waals surface area contributed by atoms with Crippen molar-refractivity contribution >= 4 is 17.3 Å². The van der Waals surface area contributed by atoms with Gasteiger partial charge in [-0.1, -0.05) is 0 Å².